The van der Waals surface area contributed by atoms with Crippen LogP contribution in [-0.2, 0) is 11.3 Å². The minimum absolute atomic E-state index is 0.110. The number of carbonyl (C=O) groups excluding carboxylic acids is 1. The van der Waals surface area contributed by atoms with Crippen LogP contribution in [0.15, 0.2) is 24.3 Å². The van der Waals surface area contributed by atoms with E-state index in [-0.39, 0.29) is 18.3 Å². The predicted molar refractivity (Wildman–Crippen MR) is 71.8 cm³/mol. The molecular formula is C14H16FN3O2. The number of carbonyl (C=O) groups is 1. The second kappa shape index (κ2) is 6.18. The van der Waals surface area contributed by atoms with Crippen LogP contribution in [0.1, 0.15) is 17.0 Å². The number of aryl methyl sites for hydroxylation is 2. The Labute approximate surface area is 116 Å². The molecule has 0 saturated carbocycles. The molecule has 106 valence electrons. The molecule has 0 bridgehead atoms. The summed E-state index contributed by atoms with van der Waals surface area (Å²) in [5.41, 5.74) is 2.77. The monoisotopic (exact) mass is 277 g/mol. The van der Waals surface area contributed by atoms with Crippen molar-refractivity contribution < 1.29 is 13.9 Å². The number of hydrogen-bond acceptors (Lipinski definition) is 3. The van der Waals surface area contributed by atoms with E-state index in [4.69, 9.17) is 4.74 Å². The molecule has 0 spiro atoms. The molecule has 0 fully saturated rings. The predicted octanol–water partition coefficient (Wildman–Crippen LogP) is 1.86. The van der Waals surface area contributed by atoms with Crippen molar-refractivity contribution in [3.63, 3.8) is 0 Å². The van der Waals surface area contributed by atoms with Crippen molar-refractivity contribution in [3.8, 4) is 5.75 Å². The van der Waals surface area contributed by atoms with Crippen LogP contribution < -0.4 is 10.1 Å². The fourth-order valence-electron chi connectivity index (χ4n) is 1.75. The average molecular weight is 277 g/mol. The second-order valence-electron chi connectivity index (χ2n) is 4.43. The SMILES string of the molecule is Cc1n[nH]c(C)c1CNC(=O)COc1ccc(F)cc1. The van der Waals surface area contributed by atoms with Gasteiger partial charge in [0.1, 0.15) is 11.6 Å². The highest BCUT2D eigenvalue weighted by Gasteiger charge is 2.08. The van der Waals surface area contributed by atoms with Crippen LogP contribution in [-0.4, -0.2) is 22.7 Å². The standard InChI is InChI=1S/C14H16FN3O2/c1-9-13(10(2)18-17-9)7-16-14(19)8-20-12-5-3-11(15)4-6-12/h3-6H,7-8H2,1-2H3,(H,16,19)(H,17,18). The Morgan fingerprint density at radius 3 is 2.65 bits per heavy atom. The number of rotatable bonds is 5. The van der Waals surface area contributed by atoms with E-state index < -0.39 is 0 Å². The van der Waals surface area contributed by atoms with Crippen LogP contribution in [0.25, 0.3) is 0 Å². The van der Waals surface area contributed by atoms with Gasteiger partial charge in [0, 0.05) is 17.8 Å². The Morgan fingerprint density at radius 1 is 1.35 bits per heavy atom. The summed E-state index contributed by atoms with van der Waals surface area (Å²) in [6.45, 7) is 4.07. The number of hydrogen-bond donors (Lipinski definition) is 2. The number of H-pyrrole nitrogens is 1. The number of aromatic nitrogens is 2. The summed E-state index contributed by atoms with van der Waals surface area (Å²) < 4.78 is 17.9. The lowest BCUT2D eigenvalue weighted by Gasteiger charge is -2.07. The molecule has 2 N–H and O–H groups in total. The first-order chi connectivity index (χ1) is 9.56. The summed E-state index contributed by atoms with van der Waals surface area (Å²) in [6, 6.07) is 5.52. The molecule has 0 saturated heterocycles. The molecule has 0 aliphatic heterocycles. The maximum atomic E-state index is 12.7. The first kappa shape index (κ1) is 14.0. The smallest absolute Gasteiger partial charge is 0.258 e. The molecule has 1 heterocycles. The number of aromatic amines is 1. The van der Waals surface area contributed by atoms with E-state index >= 15 is 0 Å². The topological polar surface area (TPSA) is 67.0 Å². The van der Waals surface area contributed by atoms with Gasteiger partial charge in [-0.1, -0.05) is 0 Å². The molecule has 6 heteroatoms. The average Bonchev–Trinajstić information content (AvgIpc) is 2.75. The van der Waals surface area contributed by atoms with Crippen molar-refractivity contribution in [1.29, 1.82) is 0 Å². The number of nitrogens with zero attached hydrogens (tertiary/aromatic N) is 1. The fourth-order valence-corrected chi connectivity index (χ4v) is 1.75. The Morgan fingerprint density at radius 2 is 2.05 bits per heavy atom. The molecule has 5 nitrogen and oxygen atoms in total. The van der Waals surface area contributed by atoms with Crippen molar-refractivity contribution in [2.45, 2.75) is 20.4 Å². The van der Waals surface area contributed by atoms with Gasteiger partial charge in [-0.05, 0) is 38.1 Å². The molecule has 0 aliphatic carbocycles. The van der Waals surface area contributed by atoms with Gasteiger partial charge in [0.15, 0.2) is 6.61 Å². The molecule has 2 aromatic rings. The van der Waals surface area contributed by atoms with Gasteiger partial charge in [0.05, 0.1) is 5.69 Å². The van der Waals surface area contributed by atoms with Crippen LogP contribution in [0.3, 0.4) is 0 Å². The van der Waals surface area contributed by atoms with Crippen molar-refractivity contribution in [2.24, 2.45) is 0 Å². The lowest BCUT2D eigenvalue weighted by Crippen LogP contribution is -2.28. The molecule has 0 atom stereocenters. The first-order valence-electron chi connectivity index (χ1n) is 6.22. The summed E-state index contributed by atoms with van der Waals surface area (Å²) in [5.74, 6) is -0.126. The number of nitrogens with one attached hydrogen (secondary N) is 2. The summed E-state index contributed by atoms with van der Waals surface area (Å²) in [7, 11) is 0. The highest BCUT2D eigenvalue weighted by Crippen LogP contribution is 2.11. The van der Waals surface area contributed by atoms with E-state index in [1.54, 1.807) is 0 Å². The lowest BCUT2D eigenvalue weighted by atomic mass is 10.2. The van der Waals surface area contributed by atoms with Crippen LogP contribution in [0.5, 0.6) is 5.75 Å². The molecule has 2 rings (SSSR count). The largest absolute Gasteiger partial charge is 0.484 e. The highest BCUT2D eigenvalue weighted by molar-refractivity contribution is 5.77. The fraction of sp³-hybridized carbons (Fsp3) is 0.286. The van der Waals surface area contributed by atoms with Crippen molar-refractivity contribution >= 4 is 5.91 Å². The normalized spacial score (nSPS) is 10.3. The third-order valence-corrected chi connectivity index (χ3v) is 2.93. The third-order valence-electron chi connectivity index (χ3n) is 2.93. The Kier molecular flexibility index (Phi) is 4.34. The van der Waals surface area contributed by atoms with E-state index in [0.717, 1.165) is 17.0 Å². The van der Waals surface area contributed by atoms with Crippen LogP contribution in [0.2, 0.25) is 0 Å². The van der Waals surface area contributed by atoms with E-state index in [2.05, 4.69) is 15.5 Å². The van der Waals surface area contributed by atoms with Gasteiger partial charge in [-0.25, -0.2) is 4.39 Å². The van der Waals surface area contributed by atoms with E-state index in [1.165, 1.54) is 24.3 Å². The van der Waals surface area contributed by atoms with Gasteiger partial charge in [0.25, 0.3) is 5.91 Å². The first-order valence-corrected chi connectivity index (χ1v) is 6.22. The highest BCUT2D eigenvalue weighted by atomic mass is 19.1. The molecule has 1 amide bonds. The van der Waals surface area contributed by atoms with Crippen molar-refractivity contribution in [1.82, 2.24) is 15.5 Å². The zero-order valence-corrected chi connectivity index (χ0v) is 11.4. The third kappa shape index (κ3) is 3.57. The van der Waals surface area contributed by atoms with Gasteiger partial charge < -0.3 is 10.1 Å². The van der Waals surface area contributed by atoms with E-state index in [9.17, 15) is 9.18 Å². The lowest BCUT2D eigenvalue weighted by molar-refractivity contribution is -0.123. The summed E-state index contributed by atoms with van der Waals surface area (Å²) >= 11 is 0. The maximum absolute atomic E-state index is 12.7. The Bertz CT molecular complexity index is 573. The molecule has 0 radical (unpaired) electrons. The summed E-state index contributed by atoms with van der Waals surface area (Å²) in [6.07, 6.45) is 0. The molecule has 1 aromatic heterocycles. The number of amides is 1. The minimum Gasteiger partial charge on any atom is -0.484 e. The molecule has 0 unspecified atom stereocenters. The van der Waals surface area contributed by atoms with Crippen molar-refractivity contribution in [3.05, 3.63) is 47.0 Å². The van der Waals surface area contributed by atoms with Crippen LogP contribution >= 0.6 is 0 Å². The zero-order valence-electron chi connectivity index (χ0n) is 11.4. The molecule has 20 heavy (non-hydrogen) atoms. The second-order valence-corrected chi connectivity index (χ2v) is 4.43. The van der Waals surface area contributed by atoms with E-state index in [1.807, 2.05) is 13.8 Å². The number of benzene rings is 1. The van der Waals surface area contributed by atoms with Gasteiger partial charge in [-0.2, -0.15) is 5.10 Å². The number of halogens is 1. The Hall–Kier alpha value is -2.37. The quantitative estimate of drug-likeness (QED) is 0.876. The van der Waals surface area contributed by atoms with Gasteiger partial charge in [0.2, 0.25) is 0 Å². The van der Waals surface area contributed by atoms with Gasteiger partial charge in [-0.15, -0.1) is 0 Å². The maximum Gasteiger partial charge on any atom is 0.258 e. The van der Waals surface area contributed by atoms with Gasteiger partial charge >= 0.3 is 0 Å². The van der Waals surface area contributed by atoms with Crippen LogP contribution in [0, 0.1) is 19.7 Å². The van der Waals surface area contributed by atoms with Gasteiger partial charge in [-0.3, -0.25) is 9.89 Å². The van der Waals surface area contributed by atoms with Crippen molar-refractivity contribution in [2.75, 3.05) is 6.61 Å². The van der Waals surface area contributed by atoms with E-state index in [0.29, 0.717) is 12.3 Å². The molecule has 1 aromatic carbocycles. The minimum atomic E-state index is -0.340. The number of ether oxygens (including phenoxy) is 1. The molecular weight excluding hydrogens is 261 g/mol. The van der Waals surface area contributed by atoms with Crippen LogP contribution in [0.4, 0.5) is 4.39 Å². The zero-order chi connectivity index (χ0) is 14.5. The summed E-state index contributed by atoms with van der Waals surface area (Å²) in [5, 5.41) is 9.66. The Balaban J connectivity index is 1.80. The summed E-state index contributed by atoms with van der Waals surface area (Å²) in [4.78, 5) is 11.7. The molecule has 0 aliphatic rings.